The summed E-state index contributed by atoms with van der Waals surface area (Å²) in [4.78, 5) is 22.4. The van der Waals surface area contributed by atoms with Crippen LogP contribution in [-0.2, 0) is 9.59 Å². The molecule has 1 unspecified atom stereocenters. The first-order valence-electron chi connectivity index (χ1n) is 4.70. The van der Waals surface area contributed by atoms with Crippen molar-refractivity contribution in [3.63, 3.8) is 0 Å². The molecule has 1 rings (SSSR count). The molecule has 0 aromatic carbocycles. The van der Waals surface area contributed by atoms with Crippen molar-refractivity contribution in [2.45, 2.75) is 38.6 Å². The molecule has 1 saturated heterocycles. The van der Waals surface area contributed by atoms with Crippen LogP contribution >= 0.6 is 11.8 Å². The van der Waals surface area contributed by atoms with Crippen LogP contribution in [0.3, 0.4) is 0 Å². The smallest absolute Gasteiger partial charge is 0.220 e. The molecule has 0 saturated carbocycles. The van der Waals surface area contributed by atoms with Gasteiger partial charge in [-0.2, -0.15) is 0 Å². The van der Waals surface area contributed by atoms with Crippen LogP contribution in [0, 0.1) is 0 Å². The van der Waals surface area contributed by atoms with E-state index in [-0.39, 0.29) is 17.1 Å². The second kappa shape index (κ2) is 5.27. The summed E-state index contributed by atoms with van der Waals surface area (Å²) in [5.74, 6) is 0.861. The summed E-state index contributed by atoms with van der Waals surface area (Å²) in [6.45, 7) is 2.05. The van der Waals surface area contributed by atoms with Crippen LogP contribution in [0.2, 0.25) is 0 Å². The molecule has 1 aliphatic heterocycles. The van der Waals surface area contributed by atoms with E-state index < -0.39 is 0 Å². The van der Waals surface area contributed by atoms with Crippen LogP contribution in [0.25, 0.3) is 0 Å². The second-order valence-corrected chi connectivity index (χ2v) is 4.28. The number of amides is 1. The van der Waals surface area contributed by atoms with E-state index in [2.05, 4.69) is 5.32 Å². The Kier molecular flexibility index (Phi) is 4.28. The van der Waals surface area contributed by atoms with Gasteiger partial charge in [0.1, 0.15) is 0 Å². The molecule has 0 bridgehead atoms. The van der Waals surface area contributed by atoms with Crippen molar-refractivity contribution in [2.75, 3.05) is 5.75 Å². The van der Waals surface area contributed by atoms with Gasteiger partial charge in [0.05, 0.1) is 6.04 Å². The number of carbonyl (C=O) groups is 2. The average molecular weight is 201 g/mol. The molecular formula is C9H15NO2S. The van der Waals surface area contributed by atoms with Gasteiger partial charge >= 0.3 is 0 Å². The van der Waals surface area contributed by atoms with E-state index in [0.29, 0.717) is 6.42 Å². The Morgan fingerprint density at radius 2 is 2.46 bits per heavy atom. The van der Waals surface area contributed by atoms with Crippen LogP contribution in [0.5, 0.6) is 0 Å². The molecule has 0 aliphatic carbocycles. The molecule has 0 radical (unpaired) electrons. The number of thioether (sulfide) groups is 1. The van der Waals surface area contributed by atoms with Gasteiger partial charge in [0.2, 0.25) is 11.0 Å². The molecular weight excluding hydrogens is 186 g/mol. The number of rotatable bonds is 4. The lowest BCUT2D eigenvalue weighted by Crippen LogP contribution is -2.36. The third kappa shape index (κ3) is 3.38. The summed E-state index contributed by atoms with van der Waals surface area (Å²) in [6, 6.07) is -0.214. The highest BCUT2D eigenvalue weighted by molar-refractivity contribution is 8.14. The minimum absolute atomic E-state index is 0.0164. The van der Waals surface area contributed by atoms with Crippen LogP contribution in [0.1, 0.15) is 32.6 Å². The number of hydrogen-bond acceptors (Lipinski definition) is 3. The average Bonchev–Trinajstić information content (AvgIpc) is 2.48. The Morgan fingerprint density at radius 1 is 1.69 bits per heavy atom. The number of nitrogens with one attached hydrogen (secondary N) is 1. The van der Waals surface area contributed by atoms with Crippen LogP contribution in [0.4, 0.5) is 0 Å². The van der Waals surface area contributed by atoms with Crippen LogP contribution in [-0.4, -0.2) is 22.8 Å². The fourth-order valence-electron chi connectivity index (χ4n) is 1.23. The SMILES string of the molecule is CCCCC(=O)NC1CCSC1=O. The summed E-state index contributed by atoms with van der Waals surface area (Å²) < 4.78 is 0. The monoisotopic (exact) mass is 201 g/mol. The van der Waals surface area contributed by atoms with Crippen molar-refractivity contribution in [3.8, 4) is 0 Å². The van der Waals surface area contributed by atoms with Gasteiger partial charge in [-0.15, -0.1) is 0 Å². The predicted molar refractivity (Wildman–Crippen MR) is 53.5 cm³/mol. The normalized spacial score (nSPS) is 21.9. The Hall–Kier alpha value is -0.510. The molecule has 0 aromatic heterocycles. The second-order valence-electron chi connectivity index (χ2n) is 3.18. The first-order valence-corrected chi connectivity index (χ1v) is 5.68. The number of carbonyl (C=O) groups excluding carboxylic acids is 2. The third-order valence-corrected chi connectivity index (χ3v) is 3.04. The van der Waals surface area contributed by atoms with E-state index >= 15 is 0 Å². The Balaban J connectivity index is 2.23. The van der Waals surface area contributed by atoms with E-state index in [1.807, 2.05) is 6.92 Å². The minimum Gasteiger partial charge on any atom is -0.345 e. The molecule has 13 heavy (non-hydrogen) atoms. The molecule has 0 spiro atoms. The summed E-state index contributed by atoms with van der Waals surface area (Å²) in [5.41, 5.74) is 0. The van der Waals surface area contributed by atoms with Gasteiger partial charge < -0.3 is 5.32 Å². The molecule has 1 heterocycles. The molecule has 1 fully saturated rings. The third-order valence-electron chi connectivity index (χ3n) is 2.03. The number of unbranched alkanes of at least 4 members (excludes halogenated alkanes) is 1. The molecule has 1 amide bonds. The van der Waals surface area contributed by atoms with E-state index in [9.17, 15) is 9.59 Å². The van der Waals surface area contributed by atoms with E-state index in [1.165, 1.54) is 11.8 Å². The van der Waals surface area contributed by atoms with E-state index in [0.717, 1.165) is 25.0 Å². The zero-order valence-electron chi connectivity index (χ0n) is 7.84. The topological polar surface area (TPSA) is 46.2 Å². The largest absolute Gasteiger partial charge is 0.345 e. The molecule has 1 atom stereocenters. The maximum Gasteiger partial charge on any atom is 0.220 e. The molecule has 1 aliphatic rings. The Bertz CT molecular complexity index is 206. The van der Waals surface area contributed by atoms with Gasteiger partial charge in [-0.1, -0.05) is 25.1 Å². The molecule has 1 N–H and O–H groups in total. The van der Waals surface area contributed by atoms with Gasteiger partial charge in [-0.3, -0.25) is 9.59 Å². The first kappa shape index (κ1) is 10.6. The zero-order chi connectivity index (χ0) is 9.68. The Morgan fingerprint density at radius 3 is 3.00 bits per heavy atom. The quantitative estimate of drug-likeness (QED) is 0.746. The lowest BCUT2D eigenvalue weighted by atomic mass is 10.2. The summed E-state index contributed by atoms with van der Waals surface area (Å²) >= 11 is 1.32. The van der Waals surface area contributed by atoms with Crippen LogP contribution in [0.15, 0.2) is 0 Å². The standard InChI is InChI=1S/C9H15NO2S/c1-2-3-4-8(11)10-7-5-6-13-9(7)12/h7H,2-6H2,1H3,(H,10,11). The molecule has 0 aromatic rings. The zero-order valence-corrected chi connectivity index (χ0v) is 8.65. The molecule has 3 nitrogen and oxygen atoms in total. The van der Waals surface area contributed by atoms with Crippen molar-refractivity contribution in [1.29, 1.82) is 0 Å². The van der Waals surface area contributed by atoms with Crippen molar-refractivity contribution >= 4 is 22.8 Å². The predicted octanol–water partition coefficient (Wildman–Crippen LogP) is 1.32. The fourth-order valence-corrected chi connectivity index (χ4v) is 2.16. The highest BCUT2D eigenvalue weighted by atomic mass is 32.2. The van der Waals surface area contributed by atoms with Gasteiger partial charge in [0.15, 0.2) is 0 Å². The maximum absolute atomic E-state index is 11.2. The molecule has 4 heteroatoms. The summed E-state index contributed by atoms with van der Waals surface area (Å²) in [7, 11) is 0. The minimum atomic E-state index is -0.214. The van der Waals surface area contributed by atoms with Gasteiger partial charge in [0, 0.05) is 12.2 Å². The number of hydrogen-bond donors (Lipinski definition) is 1. The first-order chi connectivity index (χ1) is 6.24. The van der Waals surface area contributed by atoms with Gasteiger partial charge in [-0.05, 0) is 12.8 Å². The van der Waals surface area contributed by atoms with Crippen LogP contribution < -0.4 is 5.32 Å². The van der Waals surface area contributed by atoms with E-state index in [1.54, 1.807) is 0 Å². The highest BCUT2D eigenvalue weighted by Crippen LogP contribution is 2.19. The maximum atomic E-state index is 11.2. The van der Waals surface area contributed by atoms with Gasteiger partial charge in [0.25, 0.3) is 0 Å². The highest BCUT2D eigenvalue weighted by Gasteiger charge is 2.26. The van der Waals surface area contributed by atoms with Crippen molar-refractivity contribution < 1.29 is 9.59 Å². The van der Waals surface area contributed by atoms with Crippen molar-refractivity contribution in [2.24, 2.45) is 0 Å². The lowest BCUT2D eigenvalue weighted by Gasteiger charge is -2.09. The van der Waals surface area contributed by atoms with Gasteiger partial charge in [-0.25, -0.2) is 0 Å². The van der Waals surface area contributed by atoms with Crippen molar-refractivity contribution in [3.05, 3.63) is 0 Å². The van der Waals surface area contributed by atoms with Crippen molar-refractivity contribution in [1.82, 2.24) is 5.32 Å². The fraction of sp³-hybridized carbons (Fsp3) is 0.778. The molecule has 74 valence electrons. The summed E-state index contributed by atoms with van der Waals surface area (Å²) in [5, 5.41) is 2.87. The summed E-state index contributed by atoms with van der Waals surface area (Å²) in [6.07, 6.45) is 3.26. The van der Waals surface area contributed by atoms with E-state index in [4.69, 9.17) is 0 Å². The lowest BCUT2D eigenvalue weighted by molar-refractivity contribution is -0.124. The Labute approximate surface area is 82.6 Å².